The number of benzene rings is 1. The first kappa shape index (κ1) is 23.0. The second kappa shape index (κ2) is 12.3. The van der Waals surface area contributed by atoms with Crippen LogP contribution in [0.1, 0.15) is 31.7 Å². The lowest BCUT2D eigenvalue weighted by Gasteiger charge is -2.14. The Morgan fingerprint density at radius 1 is 1.31 bits per heavy atom. The Bertz CT molecular complexity index is 564. The molecule has 2 rings (SSSR count). The molecule has 0 radical (unpaired) electrons. The van der Waals surface area contributed by atoms with Gasteiger partial charge in [-0.05, 0) is 49.8 Å². The molecular weight excluding hydrogens is 446 g/mol. The Kier molecular flexibility index (Phi) is 10.9. The van der Waals surface area contributed by atoms with Gasteiger partial charge in [0.1, 0.15) is 5.82 Å². The Labute approximate surface area is 173 Å². The highest BCUT2D eigenvalue weighted by Gasteiger charge is 2.20. The predicted molar refractivity (Wildman–Crippen MR) is 117 cm³/mol. The summed E-state index contributed by atoms with van der Waals surface area (Å²) in [5.74, 6) is 1.34. The minimum atomic E-state index is -0.219. The van der Waals surface area contributed by atoms with Gasteiger partial charge in [-0.2, -0.15) is 0 Å². The first-order chi connectivity index (χ1) is 12.1. The lowest BCUT2D eigenvalue weighted by Crippen LogP contribution is -2.38. The van der Waals surface area contributed by atoms with E-state index in [0.717, 1.165) is 50.2 Å². The van der Waals surface area contributed by atoms with Crippen LogP contribution in [0.25, 0.3) is 0 Å². The third kappa shape index (κ3) is 8.53. The summed E-state index contributed by atoms with van der Waals surface area (Å²) in [6.07, 6.45) is 3.60. The summed E-state index contributed by atoms with van der Waals surface area (Å²) in [5.41, 5.74) is 1.44. The molecule has 5 nitrogen and oxygen atoms in total. The van der Waals surface area contributed by atoms with Gasteiger partial charge >= 0.3 is 0 Å². The lowest BCUT2D eigenvalue weighted by atomic mass is 10.2. The zero-order chi connectivity index (χ0) is 18.1. The van der Waals surface area contributed by atoms with Gasteiger partial charge in [-0.25, -0.2) is 9.38 Å². The fourth-order valence-electron chi connectivity index (χ4n) is 2.44. The largest absolute Gasteiger partial charge is 0.381 e. The van der Waals surface area contributed by atoms with E-state index in [1.165, 1.54) is 12.8 Å². The van der Waals surface area contributed by atoms with Crippen molar-refractivity contribution in [3.8, 4) is 0 Å². The van der Waals surface area contributed by atoms with Gasteiger partial charge in [-0.1, -0.05) is 6.07 Å². The number of nitrogens with one attached hydrogen (secondary N) is 2. The average Bonchev–Trinajstić information content (AvgIpc) is 3.39. The van der Waals surface area contributed by atoms with Crippen LogP contribution in [0.3, 0.4) is 0 Å². The first-order valence-corrected chi connectivity index (χ1v) is 9.15. The number of rotatable bonds is 10. The molecule has 1 fully saturated rings. The van der Waals surface area contributed by atoms with Crippen LogP contribution >= 0.6 is 24.0 Å². The minimum Gasteiger partial charge on any atom is -0.381 e. The second-order valence-corrected chi connectivity index (χ2v) is 6.67. The summed E-state index contributed by atoms with van der Waals surface area (Å²) in [5, 5.41) is 6.51. The van der Waals surface area contributed by atoms with Gasteiger partial charge in [0.15, 0.2) is 5.96 Å². The SMILES string of the molecule is CCNC(=NCc1ccc(N(C)C)c(F)c1)NCCCOCC1CC1.I. The molecule has 1 aliphatic carbocycles. The zero-order valence-electron chi connectivity index (χ0n) is 16.1. The van der Waals surface area contributed by atoms with Crippen LogP contribution in [0.15, 0.2) is 23.2 Å². The monoisotopic (exact) mass is 478 g/mol. The van der Waals surface area contributed by atoms with Crippen molar-refractivity contribution in [3.05, 3.63) is 29.6 Å². The lowest BCUT2D eigenvalue weighted by molar-refractivity contribution is 0.123. The standard InChI is InChI=1S/C19H31FN4O.HI/c1-4-21-19(22-10-5-11-25-14-15-6-7-15)23-13-16-8-9-18(24(2)3)17(20)12-16;/h8-9,12,15H,4-7,10-11,13-14H2,1-3H3,(H2,21,22,23);1H. The topological polar surface area (TPSA) is 48.9 Å². The molecule has 2 N–H and O–H groups in total. The highest BCUT2D eigenvalue weighted by molar-refractivity contribution is 14.0. The molecule has 0 saturated heterocycles. The van der Waals surface area contributed by atoms with E-state index in [1.807, 2.05) is 27.1 Å². The van der Waals surface area contributed by atoms with E-state index in [1.54, 1.807) is 17.0 Å². The zero-order valence-corrected chi connectivity index (χ0v) is 18.4. The van der Waals surface area contributed by atoms with Crippen LogP contribution in [0.5, 0.6) is 0 Å². The molecule has 0 unspecified atom stereocenters. The van der Waals surface area contributed by atoms with Crippen molar-refractivity contribution in [1.29, 1.82) is 0 Å². The maximum atomic E-state index is 14.0. The molecule has 0 bridgehead atoms. The number of nitrogens with zero attached hydrogens (tertiary/aromatic N) is 2. The third-order valence-electron chi connectivity index (χ3n) is 4.07. The Hall–Kier alpha value is -1.09. The molecule has 0 aromatic heterocycles. The van der Waals surface area contributed by atoms with Crippen LogP contribution in [0.4, 0.5) is 10.1 Å². The molecule has 1 aromatic rings. The molecule has 26 heavy (non-hydrogen) atoms. The van der Waals surface area contributed by atoms with Crippen molar-refractivity contribution in [2.45, 2.75) is 32.7 Å². The molecule has 0 atom stereocenters. The van der Waals surface area contributed by atoms with Crippen LogP contribution < -0.4 is 15.5 Å². The molecule has 1 aromatic carbocycles. The number of anilines is 1. The fourth-order valence-corrected chi connectivity index (χ4v) is 2.44. The molecular formula is C19H32FIN4O. The van der Waals surface area contributed by atoms with Crippen LogP contribution in [0.2, 0.25) is 0 Å². The predicted octanol–water partition coefficient (Wildman–Crippen LogP) is 3.38. The van der Waals surface area contributed by atoms with Crippen LogP contribution in [-0.4, -0.2) is 46.4 Å². The smallest absolute Gasteiger partial charge is 0.191 e. The van der Waals surface area contributed by atoms with Crippen molar-refractivity contribution in [1.82, 2.24) is 10.6 Å². The number of hydrogen-bond donors (Lipinski definition) is 2. The number of aliphatic imine (C=N–C) groups is 1. The Morgan fingerprint density at radius 2 is 2.08 bits per heavy atom. The third-order valence-corrected chi connectivity index (χ3v) is 4.07. The van der Waals surface area contributed by atoms with E-state index in [0.29, 0.717) is 12.2 Å². The number of halogens is 2. The van der Waals surface area contributed by atoms with Gasteiger partial charge in [0.05, 0.1) is 12.2 Å². The van der Waals surface area contributed by atoms with Crippen molar-refractivity contribution < 1.29 is 9.13 Å². The molecule has 0 aliphatic heterocycles. The van der Waals surface area contributed by atoms with E-state index >= 15 is 0 Å². The molecule has 148 valence electrons. The average molecular weight is 478 g/mol. The molecule has 1 aliphatic rings. The quantitative estimate of drug-likeness (QED) is 0.234. The maximum absolute atomic E-state index is 14.0. The summed E-state index contributed by atoms with van der Waals surface area (Å²) in [6.45, 7) is 5.75. The van der Waals surface area contributed by atoms with E-state index in [4.69, 9.17) is 4.74 Å². The van der Waals surface area contributed by atoms with Crippen molar-refractivity contribution in [2.24, 2.45) is 10.9 Å². The van der Waals surface area contributed by atoms with Gasteiger partial charge in [0.25, 0.3) is 0 Å². The van der Waals surface area contributed by atoms with E-state index < -0.39 is 0 Å². The number of guanidine groups is 1. The van der Waals surface area contributed by atoms with Crippen molar-refractivity contribution in [3.63, 3.8) is 0 Å². The van der Waals surface area contributed by atoms with E-state index in [9.17, 15) is 4.39 Å². The molecule has 0 heterocycles. The molecule has 0 amide bonds. The van der Waals surface area contributed by atoms with Gasteiger partial charge in [-0.15, -0.1) is 24.0 Å². The Morgan fingerprint density at radius 3 is 2.69 bits per heavy atom. The van der Waals surface area contributed by atoms with Gasteiger partial charge in [0, 0.05) is 40.4 Å². The summed E-state index contributed by atoms with van der Waals surface area (Å²) >= 11 is 0. The first-order valence-electron chi connectivity index (χ1n) is 9.15. The van der Waals surface area contributed by atoms with Gasteiger partial charge in [0.2, 0.25) is 0 Å². The summed E-state index contributed by atoms with van der Waals surface area (Å²) in [6, 6.07) is 5.25. The van der Waals surface area contributed by atoms with Gasteiger partial charge in [-0.3, -0.25) is 0 Å². The summed E-state index contributed by atoms with van der Waals surface area (Å²) in [7, 11) is 3.66. The normalized spacial score (nSPS) is 13.9. The summed E-state index contributed by atoms with van der Waals surface area (Å²) < 4.78 is 19.6. The number of hydrogen-bond acceptors (Lipinski definition) is 3. The molecule has 1 saturated carbocycles. The van der Waals surface area contributed by atoms with E-state index in [2.05, 4.69) is 15.6 Å². The Balaban J connectivity index is 0.00000338. The van der Waals surface area contributed by atoms with E-state index in [-0.39, 0.29) is 29.8 Å². The molecule has 7 heteroatoms. The van der Waals surface area contributed by atoms with Crippen LogP contribution in [-0.2, 0) is 11.3 Å². The van der Waals surface area contributed by atoms with Gasteiger partial charge < -0.3 is 20.3 Å². The fraction of sp³-hybridized carbons (Fsp3) is 0.632. The second-order valence-electron chi connectivity index (χ2n) is 6.67. The van der Waals surface area contributed by atoms with Crippen molar-refractivity contribution >= 4 is 35.6 Å². The maximum Gasteiger partial charge on any atom is 0.191 e. The van der Waals surface area contributed by atoms with Crippen LogP contribution in [0, 0.1) is 11.7 Å². The molecule has 0 spiro atoms. The summed E-state index contributed by atoms with van der Waals surface area (Å²) in [4.78, 5) is 6.29. The highest BCUT2D eigenvalue weighted by Crippen LogP contribution is 2.28. The number of ether oxygens (including phenoxy) is 1. The van der Waals surface area contributed by atoms with Crippen molar-refractivity contribution in [2.75, 3.05) is 45.3 Å². The minimum absolute atomic E-state index is 0. The highest BCUT2D eigenvalue weighted by atomic mass is 127.